The molecule has 0 bridgehead atoms. The summed E-state index contributed by atoms with van der Waals surface area (Å²) >= 11 is 0. The molecule has 0 aliphatic carbocycles. The van der Waals surface area contributed by atoms with Gasteiger partial charge in [0.1, 0.15) is 5.75 Å². The van der Waals surface area contributed by atoms with Gasteiger partial charge in [0.25, 0.3) is 0 Å². The minimum atomic E-state index is 0.619. The third kappa shape index (κ3) is 1.28. The molecule has 1 aromatic carbocycles. The molecule has 3 nitrogen and oxygen atoms in total. The summed E-state index contributed by atoms with van der Waals surface area (Å²) in [5.41, 5.74) is 7.24. The van der Waals surface area contributed by atoms with Crippen LogP contribution in [-0.4, -0.2) is 12.1 Å². The van der Waals surface area contributed by atoms with E-state index in [4.69, 9.17) is 10.5 Å². The van der Waals surface area contributed by atoms with Crippen LogP contribution in [-0.2, 0) is 0 Å². The summed E-state index contributed by atoms with van der Waals surface area (Å²) in [6, 6.07) is 7.56. The van der Waals surface area contributed by atoms with E-state index in [1.807, 2.05) is 24.3 Å². The van der Waals surface area contributed by atoms with Gasteiger partial charge in [-0.1, -0.05) is 6.07 Å². The zero-order chi connectivity index (χ0) is 9.26. The van der Waals surface area contributed by atoms with Crippen molar-refractivity contribution in [1.29, 1.82) is 0 Å². The molecule has 0 aliphatic rings. The maximum atomic E-state index is 5.73. The summed E-state index contributed by atoms with van der Waals surface area (Å²) in [4.78, 5) is 4.18. The van der Waals surface area contributed by atoms with Gasteiger partial charge in [-0.2, -0.15) is 0 Å². The number of nitrogens with two attached hydrogens (primary N) is 1. The van der Waals surface area contributed by atoms with E-state index in [9.17, 15) is 0 Å². The summed E-state index contributed by atoms with van der Waals surface area (Å²) in [6.45, 7) is 0. The van der Waals surface area contributed by atoms with Gasteiger partial charge in [-0.25, -0.2) is 0 Å². The second-order valence-corrected chi connectivity index (χ2v) is 2.79. The number of fused-ring (bicyclic) bond motifs is 1. The van der Waals surface area contributed by atoms with Crippen LogP contribution in [0.2, 0.25) is 0 Å². The van der Waals surface area contributed by atoms with Crippen LogP contribution >= 0.6 is 0 Å². The van der Waals surface area contributed by atoms with Crippen LogP contribution in [0, 0.1) is 0 Å². The molecule has 0 spiro atoms. The number of aromatic nitrogens is 1. The first kappa shape index (κ1) is 7.86. The van der Waals surface area contributed by atoms with Crippen molar-refractivity contribution < 1.29 is 4.74 Å². The van der Waals surface area contributed by atoms with Crippen molar-refractivity contribution in [3.8, 4) is 5.75 Å². The first-order valence-corrected chi connectivity index (χ1v) is 3.99. The SMILES string of the molecule is COc1cc2cccnc2cc1N. The Bertz CT molecular complexity index is 440. The molecule has 0 aliphatic heterocycles. The number of rotatable bonds is 1. The van der Waals surface area contributed by atoms with Gasteiger partial charge in [-0.15, -0.1) is 0 Å². The molecule has 3 heteroatoms. The number of anilines is 1. The largest absolute Gasteiger partial charge is 0.495 e. The van der Waals surface area contributed by atoms with Crippen molar-refractivity contribution in [1.82, 2.24) is 4.98 Å². The van der Waals surface area contributed by atoms with Crippen molar-refractivity contribution >= 4 is 16.6 Å². The minimum absolute atomic E-state index is 0.619. The average Bonchev–Trinajstić information content (AvgIpc) is 2.17. The molecular weight excluding hydrogens is 164 g/mol. The predicted molar refractivity (Wildman–Crippen MR) is 52.7 cm³/mol. The molecule has 1 heterocycles. The highest BCUT2D eigenvalue weighted by Gasteiger charge is 2.01. The van der Waals surface area contributed by atoms with Gasteiger partial charge in [0.2, 0.25) is 0 Å². The molecule has 13 heavy (non-hydrogen) atoms. The number of ether oxygens (including phenoxy) is 1. The monoisotopic (exact) mass is 174 g/mol. The van der Waals surface area contributed by atoms with Crippen molar-refractivity contribution in [2.45, 2.75) is 0 Å². The van der Waals surface area contributed by atoms with Gasteiger partial charge in [-0.05, 0) is 18.2 Å². The van der Waals surface area contributed by atoms with Gasteiger partial charge >= 0.3 is 0 Å². The van der Waals surface area contributed by atoms with E-state index in [-0.39, 0.29) is 0 Å². The molecule has 0 saturated carbocycles. The Labute approximate surface area is 76.2 Å². The van der Waals surface area contributed by atoms with Gasteiger partial charge < -0.3 is 10.5 Å². The Balaban J connectivity index is 2.74. The van der Waals surface area contributed by atoms with Gasteiger partial charge in [0, 0.05) is 11.6 Å². The maximum Gasteiger partial charge on any atom is 0.142 e. The summed E-state index contributed by atoms with van der Waals surface area (Å²) in [5.74, 6) is 0.695. The van der Waals surface area contributed by atoms with Gasteiger partial charge in [-0.3, -0.25) is 4.98 Å². The molecule has 0 radical (unpaired) electrons. The van der Waals surface area contributed by atoms with Crippen molar-refractivity contribution in [3.63, 3.8) is 0 Å². The second kappa shape index (κ2) is 2.94. The number of pyridine rings is 1. The van der Waals surface area contributed by atoms with Crippen LogP contribution in [0.1, 0.15) is 0 Å². The van der Waals surface area contributed by atoms with E-state index < -0.39 is 0 Å². The first-order chi connectivity index (χ1) is 6.31. The fraction of sp³-hybridized carbons (Fsp3) is 0.100. The zero-order valence-corrected chi connectivity index (χ0v) is 7.32. The van der Waals surface area contributed by atoms with E-state index in [0.29, 0.717) is 11.4 Å². The quantitative estimate of drug-likeness (QED) is 0.671. The van der Waals surface area contributed by atoms with E-state index in [2.05, 4.69) is 4.98 Å². The lowest BCUT2D eigenvalue weighted by Crippen LogP contribution is -1.92. The second-order valence-electron chi connectivity index (χ2n) is 2.79. The number of hydrogen-bond acceptors (Lipinski definition) is 3. The molecule has 0 atom stereocenters. The van der Waals surface area contributed by atoms with E-state index >= 15 is 0 Å². The molecule has 2 N–H and O–H groups in total. The smallest absolute Gasteiger partial charge is 0.142 e. The Morgan fingerprint density at radius 2 is 2.23 bits per heavy atom. The first-order valence-electron chi connectivity index (χ1n) is 3.99. The molecule has 1 aromatic heterocycles. The fourth-order valence-electron chi connectivity index (χ4n) is 1.29. The van der Waals surface area contributed by atoms with E-state index in [1.54, 1.807) is 13.3 Å². The van der Waals surface area contributed by atoms with Crippen molar-refractivity contribution in [2.75, 3.05) is 12.8 Å². The number of nitrogen functional groups attached to an aromatic ring is 1. The number of methoxy groups -OCH3 is 1. The van der Waals surface area contributed by atoms with Crippen LogP contribution in [0.3, 0.4) is 0 Å². The Morgan fingerprint density at radius 3 is 3.00 bits per heavy atom. The molecule has 0 unspecified atom stereocenters. The maximum absolute atomic E-state index is 5.73. The zero-order valence-electron chi connectivity index (χ0n) is 7.32. The predicted octanol–water partition coefficient (Wildman–Crippen LogP) is 1.83. The summed E-state index contributed by atoms with van der Waals surface area (Å²) in [7, 11) is 1.61. The van der Waals surface area contributed by atoms with E-state index in [1.165, 1.54) is 0 Å². The summed E-state index contributed by atoms with van der Waals surface area (Å²) < 4.78 is 5.10. The van der Waals surface area contributed by atoms with Crippen LogP contribution in [0.5, 0.6) is 5.75 Å². The van der Waals surface area contributed by atoms with Gasteiger partial charge in [0.15, 0.2) is 0 Å². The number of benzene rings is 1. The molecular formula is C10H10N2O. The van der Waals surface area contributed by atoms with Crippen LogP contribution in [0.25, 0.3) is 10.9 Å². The van der Waals surface area contributed by atoms with Crippen LogP contribution < -0.4 is 10.5 Å². The minimum Gasteiger partial charge on any atom is -0.495 e. The highest BCUT2D eigenvalue weighted by molar-refractivity contribution is 5.84. The normalized spacial score (nSPS) is 10.2. The van der Waals surface area contributed by atoms with Crippen molar-refractivity contribution in [3.05, 3.63) is 30.5 Å². The molecule has 0 saturated heterocycles. The topological polar surface area (TPSA) is 48.1 Å². The van der Waals surface area contributed by atoms with Gasteiger partial charge in [0.05, 0.1) is 18.3 Å². The van der Waals surface area contributed by atoms with Crippen LogP contribution in [0.4, 0.5) is 5.69 Å². The molecule has 2 aromatic rings. The third-order valence-corrected chi connectivity index (χ3v) is 1.95. The molecule has 0 amide bonds. The Kier molecular flexibility index (Phi) is 1.77. The molecule has 2 rings (SSSR count). The lowest BCUT2D eigenvalue weighted by molar-refractivity contribution is 0.417. The average molecular weight is 174 g/mol. The lowest BCUT2D eigenvalue weighted by atomic mass is 10.2. The Morgan fingerprint density at radius 1 is 1.38 bits per heavy atom. The highest BCUT2D eigenvalue weighted by atomic mass is 16.5. The highest BCUT2D eigenvalue weighted by Crippen LogP contribution is 2.26. The summed E-state index contributed by atoms with van der Waals surface area (Å²) in [5, 5.41) is 1.04. The standard InChI is InChI=1S/C10H10N2O/c1-13-10-5-7-3-2-4-12-9(7)6-8(10)11/h2-6H,11H2,1H3. The number of nitrogens with zero attached hydrogens (tertiary/aromatic N) is 1. The lowest BCUT2D eigenvalue weighted by Gasteiger charge is -2.05. The Hall–Kier alpha value is -1.77. The molecule has 66 valence electrons. The number of hydrogen-bond donors (Lipinski definition) is 1. The fourth-order valence-corrected chi connectivity index (χ4v) is 1.29. The summed E-state index contributed by atoms with van der Waals surface area (Å²) in [6.07, 6.45) is 1.74. The van der Waals surface area contributed by atoms with Crippen molar-refractivity contribution in [2.24, 2.45) is 0 Å². The van der Waals surface area contributed by atoms with E-state index in [0.717, 1.165) is 10.9 Å². The van der Waals surface area contributed by atoms with Crippen LogP contribution in [0.15, 0.2) is 30.5 Å². The third-order valence-electron chi connectivity index (χ3n) is 1.95. The molecule has 0 fully saturated rings.